The van der Waals surface area contributed by atoms with Crippen molar-refractivity contribution >= 4 is 21.4 Å². The van der Waals surface area contributed by atoms with Crippen LogP contribution < -0.4 is 10.5 Å². The molecule has 0 amide bonds. The quantitative estimate of drug-likeness (QED) is 0.714. The van der Waals surface area contributed by atoms with E-state index in [1.165, 1.54) is 27.8 Å². The molecule has 0 saturated heterocycles. The lowest BCUT2D eigenvalue weighted by molar-refractivity contribution is 0.163. The molecule has 0 aliphatic carbocycles. The van der Waals surface area contributed by atoms with Crippen molar-refractivity contribution in [3.05, 3.63) is 64.8 Å². The van der Waals surface area contributed by atoms with Crippen molar-refractivity contribution in [2.75, 3.05) is 0 Å². The van der Waals surface area contributed by atoms with E-state index in [4.69, 9.17) is 10.5 Å². The molecule has 3 aromatic rings. The Kier molecular flexibility index (Phi) is 2.94. The molecule has 106 valence electrons. The normalized spacial score (nSPS) is 21.0. The lowest BCUT2D eigenvalue weighted by Crippen LogP contribution is -2.24. The van der Waals surface area contributed by atoms with Crippen molar-refractivity contribution in [3.8, 4) is 5.75 Å². The van der Waals surface area contributed by atoms with Crippen molar-refractivity contribution in [1.29, 1.82) is 0 Å². The molecule has 2 nitrogen and oxygen atoms in total. The van der Waals surface area contributed by atoms with Gasteiger partial charge in [-0.25, -0.2) is 4.39 Å². The summed E-state index contributed by atoms with van der Waals surface area (Å²) >= 11 is 1.71. The Bertz CT molecular complexity index is 813. The molecule has 4 heteroatoms. The number of benzene rings is 2. The molecule has 1 aliphatic heterocycles. The predicted molar refractivity (Wildman–Crippen MR) is 83.1 cm³/mol. The van der Waals surface area contributed by atoms with E-state index in [0.717, 1.165) is 5.56 Å². The maximum atomic E-state index is 13.3. The first-order chi connectivity index (χ1) is 10.2. The molecule has 2 heterocycles. The summed E-state index contributed by atoms with van der Waals surface area (Å²) in [6, 6.07) is 12.6. The van der Waals surface area contributed by atoms with Gasteiger partial charge < -0.3 is 10.5 Å². The maximum absolute atomic E-state index is 13.3. The molecule has 1 aliphatic rings. The predicted octanol–water partition coefficient (Wildman–Crippen LogP) is 4.56. The molecule has 1 unspecified atom stereocenters. The molecule has 0 spiro atoms. The van der Waals surface area contributed by atoms with Crippen LogP contribution in [0.1, 0.15) is 29.7 Å². The highest BCUT2D eigenvalue weighted by Gasteiger charge is 2.28. The van der Waals surface area contributed by atoms with E-state index < -0.39 is 0 Å². The van der Waals surface area contributed by atoms with Crippen LogP contribution in [0.15, 0.2) is 47.8 Å². The van der Waals surface area contributed by atoms with E-state index in [1.54, 1.807) is 17.4 Å². The van der Waals surface area contributed by atoms with E-state index in [1.807, 2.05) is 12.1 Å². The van der Waals surface area contributed by atoms with Gasteiger partial charge in [-0.2, -0.15) is 0 Å². The maximum Gasteiger partial charge on any atom is 0.127 e. The van der Waals surface area contributed by atoms with Crippen LogP contribution in [0.2, 0.25) is 0 Å². The highest BCUT2D eigenvalue weighted by atomic mass is 32.1. The van der Waals surface area contributed by atoms with E-state index in [-0.39, 0.29) is 18.0 Å². The van der Waals surface area contributed by atoms with Crippen molar-refractivity contribution in [3.63, 3.8) is 0 Å². The summed E-state index contributed by atoms with van der Waals surface area (Å²) < 4.78 is 20.7. The van der Waals surface area contributed by atoms with E-state index >= 15 is 0 Å². The van der Waals surface area contributed by atoms with Gasteiger partial charge in [-0.3, -0.25) is 0 Å². The van der Waals surface area contributed by atoms with Gasteiger partial charge >= 0.3 is 0 Å². The molecule has 1 aromatic heterocycles. The fourth-order valence-corrected chi connectivity index (χ4v) is 3.92. The van der Waals surface area contributed by atoms with Crippen molar-refractivity contribution in [2.45, 2.75) is 18.6 Å². The molecule has 2 N–H and O–H groups in total. The van der Waals surface area contributed by atoms with Crippen molar-refractivity contribution in [1.82, 2.24) is 0 Å². The second kappa shape index (κ2) is 4.83. The van der Waals surface area contributed by atoms with Crippen molar-refractivity contribution < 1.29 is 9.13 Å². The van der Waals surface area contributed by atoms with Gasteiger partial charge in [0.1, 0.15) is 17.7 Å². The third-order valence-corrected chi connectivity index (χ3v) is 4.95. The summed E-state index contributed by atoms with van der Waals surface area (Å²) in [5.41, 5.74) is 8.14. The standard InChI is InChI=1S/C17H14FNOS/c18-10-5-6-15-12(7-10)14(19)8-16(20-15)13-9-21-17-4-2-1-3-11(13)17/h1-7,9,14,16H,8,19H2/t14-,16?/m1/s1. The van der Waals surface area contributed by atoms with Gasteiger partial charge in [0, 0.05) is 28.3 Å². The Morgan fingerprint density at radius 3 is 2.90 bits per heavy atom. The Balaban J connectivity index is 1.76. The number of rotatable bonds is 1. The zero-order valence-electron chi connectivity index (χ0n) is 11.3. The Morgan fingerprint density at radius 2 is 2.00 bits per heavy atom. The van der Waals surface area contributed by atoms with Gasteiger partial charge in [0.05, 0.1) is 0 Å². The summed E-state index contributed by atoms with van der Waals surface area (Å²) in [4.78, 5) is 0. The molecular formula is C17H14FNOS. The van der Waals surface area contributed by atoms with Crippen LogP contribution in [0.4, 0.5) is 4.39 Å². The summed E-state index contributed by atoms with van der Waals surface area (Å²) in [5, 5.41) is 3.35. The van der Waals surface area contributed by atoms with Gasteiger partial charge in [0.2, 0.25) is 0 Å². The molecule has 2 atom stereocenters. The van der Waals surface area contributed by atoms with Gasteiger partial charge in [-0.1, -0.05) is 18.2 Å². The third-order valence-electron chi connectivity index (χ3n) is 3.97. The molecule has 0 radical (unpaired) electrons. The second-order valence-corrected chi connectivity index (χ2v) is 6.23. The lowest BCUT2D eigenvalue weighted by atomic mass is 9.93. The van der Waals surface area contributed by atoms with Crippen LogP contribution in [0.25, 0.3) is 10.1 Å². The van der Waals surface area contributed by atoms with Crippen LogP contribution in [0, 0.1) is 5.82 Å². The van der Waals surface area contributed by atoms with E-state index in [0.29, 0.717) is 12.2 Å². The number of ether oxygens (including phenoxy) is 1. The van der Waals surface area contributed by atoms with Crippen LogP contribution in [0.5, 0.6) is 5.75 Å². The zero-order chi connectivity index (χ0) is 14.4. The minimum atomic E-state index is -0.271. The SMILES string of the molecule is N[C@@H]1CC(c2csc3ccccc23)Oc2ccc(F)cc21. The van der Waals surface area contributed by atoms with Crippen LogP contribution in [-0.2, 0) is 0 Å². The molecule has 0 bridgehead atoms. The molecule has 4 rings (SSSR count). The molecule has 0 saturated carbocycles. The second-order valence-electron chi connectivity index (χ2n) is 5.32. The molecular weight excluding hydrogens is 285 g/mol. The highest BCUT2D eigenvalue weighted by Crippen LogP contribution is 2.42. The highest BCUT2D eigenvalue weighted by molar-refractivity contribution is 7.17. The number of hydrogen-bond acceptors (Lipinski definition) is 3. The smallest absolute Gasteiger partial charge is 0.127 e. The Labute approximate surface area is 126 Å². The van der Waals surface area contributed by atoms with Crippen LogP contribution >= 0.6 is 11.3 Å². The molecule has 0 fully saturated rings. The Morgan fingerprint density at radius 1 is 1.14 bits per heavy atom. The fourth-order valence-electron chi connectivity index (χ4n) is 2.91. The first kappa shape index (κ1) is 12.8. The minimum Gasteiger partial charge on any atom is -0.485 e. The molecule has 2 aromatic carbocycles. The molecule has 21 heavy (non-hydrogen) atoms. The number of hydrogen-bond donors (Lipinski definition) is 1. The van der Waals surface area contributed by atoms with Crippen LogP contribution in [-0.4, -0.2) is 0 Å². The number of thiophene rings is 1. The lowest BCUT2D eigenvalue weighted by Gasteiger charge is -2.30. The third kappa shape index (κ3) is 2.11. The van der Waals surface area contributed by atoms with Crippen LogP contribution in [0.3, 0.4) is 0 Å². The van der Waals surface area contributed by atoms with E-state index in [2.05, 4.69) is 17.5 Å². The number of nitrogens with two attached hydrogens (primary N) is 1. The summed E-state index contributed by atoms with van der Waals surface area (Å²) in [6.45, 7) is 0. The van der Waals surface area contributed by atoms with Gasteiger partial charge in [0.25, 0.3) is 0 Å². The minimum absolute atomic E-state index is 0.0749. The van der Waals surface area contributed by atoms with Gasteiger partial charge in [-0.15, -0.1) is 11.3 Å². The van der Waals surface area contributed by atoms with Crippen molar-refractivity contribution in [2.24, 2.45) is 5.73 Å². The van der Waals surface area contributed by atoms with Gasteiger partial charge in [0.15, 0.2) is 0 Å². The summed E-state index contributed by atoms with van der Waals surface area (Å²) in [7, 11) is 0. The first-order valence-corrected chi connectivity index (χ1v) is 7.78. The average molecular weight is 299 g/mol. The largest absolute Gasteiger partial charge is 0.485 e. The summed E-state index contributed by atoms with van der Waals surface area (Å²) in [5.74, 6) is 0.419. The van der Waals surface area contributed by atoms with Gasteiger partial charge in [-0.05, 0) is 35.0 Å². The first-order valence-electron chi connectivity index (χ1n) is 6.90. The number of halogens is 1. The zero-order valence-corrected chi connectivity index (χ0v) is 12.1. The Hall–Kier alpha value is -1.91. The van der Waals surface area contributed by atoms with E-state index in [9.17, 15) is 4.39 Å². The fraction of sp³-hybridized carbons (Fsp3) is 0.176. The average Bonchev–Trinajstić information content (AvgIpc) is 2.92. The number of fused-ring (bicyclic) bond motifs is 2. The topological polar surface area (TPSA) is 35.2 Å². The summed E-state index contributed by atoms with van der Waals surface area (Å²) in [6.07, 6.45) is 0.589. The monoisotopic (exact) mass is 299 g/mol.